The minimum Gasteiger partial charge on any atom is -0.335 e. The minimum atomic E-state index is -0.596. The van der Waals surface area contributed by atoms with Gasteiger partial charge < -0.3 is 10.2 Å². The number of hydrogen-bond donors (Lipinski definition) is 3. The Bertz CT molecular complexity index is 435. The van der Waals surface area contributed by atoms with Crippen LogP contribution in [0.15, 0.2) is 12.4 Å². The first-order valence-corrected chi connectivity index (χ1v) is 5.54. The second-order valence-electron chi connectivity index (χ2n) is 4.36. The molecule has 7 nitrogen and oxygen atoms in total. The lowest BCUT2D eigenvalue weighted by Crippen LogP contribution is -2.44. The van der Waals surface area contributed by atoms with Gasteiger partial charge in [0, 0.05) is 37.6 Å². The van der Waals surface area contributed by atoms with E-state index in [4.69, 9.17) is 5.21 Å². The summed E-state index contributed by atoms with van der Waals surface area (Å²) >= 11 is 0. The fourth-order valence-electron chi connectivity index (χ4n) is 2.46. The predicted octanol–water partition coefficient (Wildman–Crippen LogP) is -0.854. The lowest BCUT2D eigenvalue weighted by Gasteiger charge is -2.27. The first kappa shape index (κ1) is 10.4. The minimum absolute atomic E-state index is 0.249. The highest BCUT2D eigenvalue weighted by Gasteiger charge is 2.38. The van der Waals surface area contributed by atoms with E-state index in [0.717, 1.165) is 19.5 Å². The highest BCUT2D eigenvalue weighted by atomic mass is 16.5. The number of piperazine rings is 1. The number of amides is 1. The third-order valence-electron chi connectivity index (χ3n) is 3.32. The van der Waals surface area contributed by atoms with Crippen LogP contribution >= 0.6 is 0 Å². The van der Waals surface area contributed by atoms with Crippen LogP contribution in [0.4, 0.5) is 5.95 Å². The molecule has 3 rings (SSSR count). The SMILES string of the molecule is O=C(NO)c1cnc(N2CC3CC2CN3)nc1. The molecule has 1 aromatic rings. The monoisotopic (exact) mass is 235 g/mol. The average molecular weight is 235 g/mol. The normalized spacial score (nSPS) is 26.3. The van der Waals surface area contributed by atoms with Crippen molar-refractivity contribution >= 4 is 11.9 Å². The van der Waals surface area contributed by atoms with Crippen molar-refractivity contribution in [2.24, 2.45) is 0 Å². The van der Waals surface area contributed by atoms with Crippen LogP contribution in [0.3, 0.4) is 0 Å². The molecule has 2 fully saturated rings. The molecule has 0 spiro atoms. The molecular weight excluding hydrogens is 222 g/mol. The second kappa shape index (κ2) is 3.94. The summed E-state index contributed by atoms with van der Waals surface area (Å²) in [7, 11) is 0. The highest BCUT2D eigenvalue weighted by Crippen LogP contribution is 2.26. The Morgan fingerprint density at radius 3 is 2.82 bits per heavy atom. The number of aromatic nitrogens is 2. The van der Waals surface area contributed by atoms with E-state index in [-0.39, 0.29) is 5.56 Å². The van der Waals surface area contributed by atoms with Crippen molar-refractivity contribution in [3.8, 4) is 0 Å². The Kier molecular flexibility index (Phi) is 2.41. The number of hydroxylamine groups is 1. The molecule has 2 atom stereocenters. The van der Waals surface area contributed by atoms with Crippen molar-refractivity contribution in [2.75, 3.05) is 18.0 Å². The van der Waals surface area contributed by atoms with E-state index >= 15 is 0 Å². The van der Waals surface area contributed by atoms with E-state index in [1.54, 1.807) is 5.48 Å². The third kappa shape index (κ3) is 1.73. The van der Waals surface area contributed by atoms with Gasteiger partial charge in [-0.1, -0.05) is 0 Å². The molecule has 1 aromatic heterocycles. The summed E-state index contributed by atoms with van der Waals surface area (Å²) in [5, 5.41) is 11.9. The van der Waals surface area contributed by atoms with Crippen LogP contribution < -0.4 is 15.7 Å². The smallest absolute Gasteiger partial charge is 0.277 e. The molecule has 2 aliphatic heterocycles. The second-order valence-corrected chi connectivity index (χ2v) is 4.36. The maximum absolute atomic E-state index is 11.1. The Hall–Kier alpha value is -1.73. The number of hydrogen-bond acceptors (Lipinski definition) is 6. The number of carbonyl (C=O) groups is 1. The number of fused-ring (bicyclic) bond motifs is 2. The Morgan fingerprint density at radius 1 is 1.53 bits per heavy atom. The number of nitrogens with one attached hydrogen (secondary N) is 2. The molecule has 2 aliphatic rings. The molecule has 2 unspecified atom stereocenters. The molecule has 0 radical (unpaired) electrons. The van der Waals surface area contributed by atoms with Gasteiger partial charge in [0.15, 0.2) is 0 Å². The van der Waals surface area contributed by atoms with Crippen LogP contribution in [0, 0.1) is 0 Å². The topological polar surface area (TPSA) is 90.4 Å². The number of nitrogens with zero attached hydrogens (tertiary/aromatic N) is 3. The molecular formula is C10H13N5O2. The molecule has 3 heterocycles. The molecule has 0 aromatic carbocycles. The maximum Gasteiger partial charge on any atom is 0.277 e. The van der Waals surface area contributed by atoms with Crippen molar-refractivity contribution < 1.29 is 10.0 Å². The van der Waals surface area contributed by atoms with Crippen molar-refractivity contribution in [3.05, 3.63) is 18.0 Å². The summed E-state index contributed by atoms with van der Waals surface area (Å²) in [4.78, 5) is 21.6. The van der Waals surface area contributed by atoms with Crippen LogP contribution in [-0.4, -0.2) is 46.3 Å². The van der Waals surface area contributed by atoms with Gasteiger partial charge in [-0.15, -0.1) is 0 Å². The number of anilines is 1. The molecule has 17 heavy (non-hydrogen) atoms. The Balaban J connectivity index is 1.78. The van der Waals surface area contributed by atoms with Gasteiger partial charge in [-0.05, 0) is 6.42 Å². The van der Waals surface area contributed by atoms with Crippen molar-refractivity contribution in [3.63, 3.8) is 0 Å². The Labute approximate surface area is 97.8 Å². The number of carbonyl (C=O) groups excluding carboxylic acids is 1. The van der Waals surface area contributed by atoms with E-state index in [1.165, 1.54) is 12.4 Å². The van der Waals surface area contributed by atoms with Crippen LogP contribution in [0.25, 0.3) is 0 Å². The van der Waals surface area contributed by atoms with Gasteiger partial charge in [0.25, 0.3) is 5.91 Å². The van der Waals surface area contributed by atoms with Crippen LogP contribution in [0.1, 0.15) is 16.8 Å². The van der Waals surface area contributed by atoms with Crippen molar-refractivity contribution in [1.82, 2.24) is 20.8 Å². The van der Waals surface area contributed by atoms with Gasteiger partial charge in [-0.3, -0.25) is 10.0 Å². The summed E-state index contributed by atoms with van der Waals surface area (Å²) < 4.78 is 0. The van der Waals surface area contributed by atoms with Crippen LogP contribution in [0.2, 0.25) is 0 Å². The molecule has 1 amide bonds. The van der Waals surface area contributed by atoms with Gasteiger partial charge in [0.2, 0.25) is 5.95 Å². The standard InChI is InChI=1S/C10H13N5O2/c16-9(14-17)6-2-12-10(13-3-6)15-5-7-1-8(15)4-11-7/h2-3,7-8,11,17H,1,4-5H2,(H,14,16). The van der Waals surface area contributed by atoms with Crippen molar-refractivity contribution in [2.45, 2.75) is 18.5 Å². The quantitative estimate of drug-likeness (QED) is 0.457. The largest absolute Gasteiger partial charge is 0.335 e. The first-order chi connectivity index (χ1) is 8.28. The van der Waals surface area contributed by atoms with E-state index in [1.807, 2.05) is 0 Å². The highest BCUT2D eigenvalue weighted by molar-refractivity contribution is 5.92. The lowest BCUT2D eigenvalue weighted by molar-refractivity contribution is 0.0705. The summed E-state index contributed by atoms with van der Waals surface area (Å²) in [6, 6.07) is 0.988. The zero-order valence-electron chi connectivity index (χ0n) is 9.13. The summed E-state index contributed by atoms with van der Waals surface area (Å²) in [6.07, 6.45) is 3.98. The summed E-state index contributed by atoms with van der Waals surface area (Å²) in [5.41, 5.74) is 1.80. The molecule has 90 valence electrons. The predicted molar refractivity (Wildman–Crippen MR) is 58.8 cm³/mol. The Morgan fingerprint density at radius 2 is 2.29 bits per heavy atom. The van der Waals surface area contributed by atoms with Gasteiger partial charge >= 0.3 is 0 Å². The zero-order valence-corrected chi connectivity index (χ0v) is 9.13. The first-order valence-electron chi connectivity index (χ1n) is 5.54. The van der Waals surface area contributed by atoms with Gasteiger partial charge in [-0.2, -0.15) is 0 Å². The van der Waals surface area contributed by atoms with Crippen LogP contribution in [0.5, 0.6) is 0 Å². The lowest BCUT2D eigenvalue weighted by atomic mass is 10.2. The number of rotatable bonds is 2. The van der Waals surface area contributed by atoms with Gasteiger partial charge in [0.05, 0.1) is 5.56 Å². The molecule has 0 saturated carbocycles. The molecule has 2 saturated heterocycles. The van der Waals surface area contributed by atoms with E-state index in [9.17, 15) is 4.79 Å². The van der Waals surface area contributed by atoms with Gasteiger partial charge in [-0.25, -0.2) is 15.4 Å². The van der Waals surface area contributed by atoms with Gasteiger partial charge in [0.1, 0.15) is 0 Å². The third-order valence-corrected chi connectivity index (χ3v) is 3.32. The zero-order chi connectivity index (χ0) is 11.8. The average Bonchev–Trinajstić information content (AvgIpc) is 3.00. The fourth-order valence-corrected chi connectivity index (χ4v) is 2.46. The van der Waals surface area contributed by atoms with E-state index < -0.39 is 5.91 Å². The van der Waals surface area contributed by atoms with E-state index in [2.05, 4.69) is 20.2 Å². The molecule has 2 bridgehead atoms. The van der Waals surface area contributed by atoms with E-state index in [0.29, 0.717) is 18.0 Å². The maximum atomic E-state index is 11.1. The van der Waals surface area contributed by atoms with Crippen molar-refractivity contribution in [1.29, 1.82) is 0 Å². The molecule has 0 aliphatic carbocycles. The van der Waals surface area contributed by atoms with Crippen LogP contribution in [-0.2, 0) is 0 Å². The fraction of sp³-hybridized carbons (Fsp3) is 0.500. The molecule has 3 N–H and O–H groups in total. The molecule has 7 heteroatoms. The summed E-state index contributed by atoms with van der Waals surface area (Å²) in [6.45, 7) is 1.88. The summed E-state index contributed by atoms with van der Waals surface area (Å²) in [5.74, 6) is 0.0506.